The molecule has 1 aliphatic rings. The molecule has 1 N–H and O–H groups in total. The van der Waals surface area contributed by atoms with E-state index in [1.807, 2.05) is 0 Å². The maximum atomic E-state index is 11.6. The molecule has 0 aliphatic heterocycles. The number of carbonyl (C=O) groups is 2. The summed E-state index contributed by atoms with van der Waals surface area (Å²) in [6.45, 7) is 0. The summed E-state index contributed by atoms with van der Waals surface area (Å²) in [6.07, 6.45) is 2.87. The van der Waals surface area contributed by atoms with E-state index >= 15 is 0 Å². The quantitative estimate of drug-likeness (QED) is 0.303. The highest BCUT2D eigenvalue weighted by Gasteiger charge is 2.37. The number of rotatable bonds is 2. The topological polar surface area (TPSA) is 60.6 Å². The number of ketones is 2. The first kappa shape index (κ1) is 12.2. The standard InChI is InChI=1S/C11H14N2O3/c1-12(2)5-7-9(14)8(6-13(3)4)11(16)10(7)15/h5-6H,1-4H3/p+1. The van der Waals surface area contributed by atoms with Crippen LogP contribution in [-0.4, -0.2) is 60.6 Å². The number of nitrogens with zero attached hydrogens (tertiary/aromatic N) is 2. The van der Waals surface area contributed by atoms with Crippen molar-refractivity contribution in [2.45, 2.75) is 0 Å². The van der Waals surface area contributed by atoms with Gasteiger partial charge in [0.1, 0.15) is 25.4 Å². The lowest BCUT2D eigenvalue weighted by molar-refractivity contribution is -0.458. The largest absolute Gasteiger partial charge is 0.506 e. The Kier molecular flexibility index (Phi) is 3.27. The Morgan fingerprint density at radius 2 is 1.75 bits per heavy atom. The van der Waals surface area contributed by atoms with Crippen molar-refractivity contribution in [2.75, 3.05) is 28.2 Å². The molecule has 0 aromatic heterocycles. The molecule has 0 atom stereocenters. The second-order valence-electron chi connectivity index (χ2n) is 4.02. The number of hydrogen-bond donors (Lipinski definition) is 1. The zero-order chi connectivity index (χ0) is 12.5. The molecule has 0 radical (unpaired) electrons. The molecular weight excluding hydrogens is 208 g/mol. The van der Waals surface area contributed by atoms with Crippen LogP contribution < -0.4 is 0 Å². The second kappa shape index (κ2) is 4.30. The smallest absolute Gasteiger partial charge is 0.243 e. The van der Waals surface area contributed by atoms with Crippen LogP contribution in [-0.2, 0) is 9.59 Å². The van der Waals surface area contributed by atoms with E-state index in [1.165, 1.54) is 12.4 Å². The Morgan fingerprint density at radius 3 is 2.19 bits per heavy atom. The van der Waals surface area contributed by atoms with Crippen molar-refractivity contribution in [3.05, 3.63) is 23.1 Å². The summed E-state index contributed by atoms with van der Waals surface area (Å²) in [5, 5.41) is 9.77. The Labute approximate surface area is 94.0 Å². The monoisotopic (exact) mass is 223 g/mol. The van der Waals surface area contributed by atoms with Crippen molar-refractivity contribution < 1.29 is 19.3 Å². The SMILES string of the molecule is CN(C)C=C1C(=O)C(=O)C(C=[N+](C)C)=C1O. The van der Waals surface area contributed by atoms with Crippen LogP contribution >= 0.6 is 0 Å². The summed E-state index contributed by atoms with van der Waals surface area (Å²) in [4.78, 5) is 24.7. The summed E-state index contributed by atoms with van der Waals surface area (Å²) in [6, 6.07) is 0. The van der Waals surface area contributed by atoms with Crippen molar-refractivity contribution in [3.8, 4) is 0 Å². The van der Waals surface area contributed by atoms with Gasteiger partial charge in [0.05, 0.1) is 5.57 Å². The molecular formula is C11H15N2O3+. The predicted octanol–water partition coefficient (Wildman–Crippen LogP) is -0.261. The maximum absolute atomic E-state index is 11.6. The van der Waals surface area contributed by atoms with E-state index in [1.54, 1.807) is 37.7 Å². The number of Topliss-reactive ketones (excluding diaryl/α,β-unsaturated/α-hetero) is 2. The minimum absolute atomic E-state index is 0.0445. The minimum Gasteiger partial charge on any atom is -0.506 e. The van der Waals surface area contributed by atoms with Gasteiger partial charge in [-0.3, -0.25) is 9.59 Å². The first-order valence-corrected chi connectivity index (χ1v) is 4.76. The molecule has 1 aliphatic carbocycles. The number of aliphatic hydroxyl groups is 1. The highest BCUT2D eigenvalue weighted by Crippen LogP contribution is 2.22. The fraction of sp³-hybridized carbons (Fsp3) is 0.364. The lowest BCUT2D eigenvalue weighted by Crippen LogP contribution is -2.14. The molecule has 0 saturated heterocycles. The van der Waals surface area contributed by atoms with E-state index in [4.69, 9.17) is 0 Å². The average Bonchev–Trinajstić information content (AvgIpc) is 2.34. The van der Waals surface area contributed by atoms with Gasteiger partial charge in [0.2, 0.25) is 11.6 Å². The maximum Gasteiger partial charge on any atom is 0.243 e. The highest BCUT2D eigenvalue weighted by atomic mass is 16.3. The van der Waals surface area contributed by atoms with Crippen molar-refractivity contribution >= 4 is 17.8 Å². The molecule has 0 spiro atoms. The predicted molar refractivity (Wildman–Crippen MR) is 59.6 cm³/mol. The lowest BCUT2D eigenvalue weighted by atomic mass is 10.2. The van der Waals surface area contributed by atoms with Gasteiger partial charge in [-0.05, 0) is 0 Å². The average molecular weight is 223 g/mol. The van der Waals surface area contributed by atoms with Gasteiger partial charge in [0, 0.05) is 20.3 Å². The Balaban J connectivity index is 3.28. The highest BCUT2D eigenvalue weighted by molar-refractivity contribution is 6.56. The fourth-order valence-corrected chi connectivity index (χ4v) is 1.36. The van der Waals surface area contributed by atoms with Crippen LogP contribution in [0.4, 0.5) is 0 Å². The zero-order valence-corrected chi connectivity index (χ0v) is 9.81. The Morgan fingerprint density at radius 1 is 1.19 bits per heavy atom. The summed E-state index contributed by atoms with van der Waals surface area (Å²) >= 11 is 0. The molecule has 0 aromatic carbocycles. The van der Waals surface area contributed by atoms with E-state index in [-0.39, 0.29) is 16.9 Å². The Bertz CT molecular complexity index is 438. The number of allylic oxidation sites excluding steroid dienone is 2. The van der Waals surface area contributed by atoms with Gasteiger partial charge < -0.3 is 10.0 Å². The molecule has 0 amide bonds. The molecule has 5 nitrogen and oxygen atoms in total. The molecule has 0 fully saturated rings. The summed E-state index contributed by atoms with van der Waals surface area (Å²) in [5.41, 5.74) is 0.0891. The third kappa shape index (κ3) is 2.18. The van der Waals surface area contributed by atoms with Crippen LogP contribution in [0.15, 0.2) is 23.1 Å². The molecule has 0 aromatic rings. The van der Waals surface area contributed by atoms with Gasteiger partial charge in [-0.15, -0.1) is 0 Å². The van der Waals surface area contributed by atoms with Gasteiger partial charge in [0.15, 0.2) is 6.21 Å². The molecule has 5 heteroatoms. The van der Waals surface area contributed by atoms with E-state index in [2.05, 4.69) is 0 Å². The van der Waals surface area contributed by atoms with Crippen molar-refractivity contribution in [2.24, 2.45) is 0 Å². The lowest BCUT2D eigenvalue weighted by Gasteiger charge is -2.05. The number of hydrogen-bond acceptors (Lipinski definition) is 4. The van der Waals surface area contributed by atoms with Crippen LogP contribution in [0.3, 0.4) is 0 Å². The summed E-state index contributed by atoms with van der Waals surface area (Å²) < 4.78 is 1.61. The van der Waals surface area contributed by atoms with Crippen molar-refractivity contribution in [3.63, 3.8) is 0 Å². The summed E-state index contributed by atoms with van der Waals surface area (Å²) in [5.74, 6) is -1.59. The van der Waals surface area contributed by atoms with E-state index in [9.17, 15) is 14.7 Å². The van der Waals surface area contributed by atoms with E-state index < -0.39 is 11.6 Å². The second-order valence-corrected chi connectivity index (χ2v) is 4.02. The fourth-order valence-electron chi connectivity index (χ4n) is 1.36. The van der Waals surface area contributed by atoms with E-state index in [0.29, 0.717) is 0 Å². The molecule has 0 bridgehead atoms. The van der Waals surface area contributed by atoms with Crippen molar-refractivity contribution in [1.82, 2.24) is 4.90 Å². The van der Waals surface area contributed by atoms with Crippen LogP contribution in [0.25, 0.3) is 0 Å². The zero-order valence-electron chi connectivity index (χ0n) is 9.81. The van der Waals surface area contributed by atoms with Gasteiger partial charge in [0.25, 0.3) is 0 Å². The molecule has 0 unspecified atom stereocenters. The molecule has 0 saturated carbocycles. The molecule has 16 heavy (non-hydrogen) atoms. The van der Waals surface area contributed by atoms with Crippen LogP contribution in [0.5, 0.6) is 0 Å². The third-order valence-electron chi connectivity index (χ3n) is 1.98. The van der Waals surface area contributed by atoms with Gasteiger partial charge in [-0.2, -0.15) is 0 Å². The summed E-state index contributed by atoms with van der Waals surface area (Å²) in [7, 11) is 6.86. The van der Waals surface area contributed by atoms with Crippen LogP contribution in [0.2, 0.25) is 0 Å². The molecule has 86 valence electrons. The number of aliphatic hydroxyl groups excluding tert-OH is 1. The Hall–Kier alpha value is -1.91. The number of carbonyl (C=O) groups excluding carboxylic acids is 2. The third-order valence-corrected chi connectivity index (χ3v) is 1.98. The van der Waals surface area contributed by atoms with Crippen LogP contribution in [0, 0.1) is 0 Å². The van der Waals surface area contributed by atoms with Gasteiger partial charge >= 0.3 is 0 Å². The molecule has 1 rings (SSSR count). The first-order chi connectivity index (χ1) is 7.34. The van der Waals surface area contributed by atoms with Gasteiger partial charge in [-0.25, -0.2) is 4.58 Å². The normalized spacial score (nSPS) is 18.4. The van der Waals surface area contributed by atoms with Crippen LogP contribution in [0.1, 0.15) is 0 Å². The van der Waals surface area contributed by atoms with Crippen molar-refractivity contribution in [1.29, 1.82) is 0 Å². The van der Waals surface area contributed by atoms with Gasteiger partial charge in [-0.1, -0.05) is 0 Å². The van der Waals surface area contributed by atoms with E-state index in [0.717, 1.165) is 0 Å². The first-order valence-electron chi connectivity index (χ1n) is 4.76. The minimum atomic E-state index is -0.667. The molecule has 0 heterocycles.